The number of hydrogen-bond acceptors (Lipinski definition) is 5. The average Bonchev–Trinajstić information content (AvgIpc) is 2.97. The molecule has 0 fully saturated rings. The van der Waals surface area contributed by atoms with Gasteiger partial charge in [-0.1, -0.05) is 12.1 Å². The molecule has 108 valence electrons. The summed E-state index contributed by atoms with van der Waals surface area (Å²) >= 11 is 0. The van der Waals surface area contributed by atoms with Crippen LogP contribution in [0, 0.1) is 0 Å². The topological polar surface area (TPSA) is 64.7 Å². The zero-order valence-corrected chi connectivity index (χ0v) is 11.8. The number of benzene rings is 2. The van der Waals surface area contributed by atoms with Gasteiger partial charge in [-0.15, -0.1) is 0 Å². The molecule has 0 unspecified atom stereocenters. The molecule has 0 bridgehead atoms. The Morgan fingerprint density at radius 1 is 1.10 bits per heavy atom. The summed E-state index contributed by atoms with van der Waals surface area (Å²) in [7, 11) is 3.12. The molecule has 2 aromatic carbocycles. The van der Waals surface area contributed by atoms with Crippen LogP contribution in [0.25, 0.3) is 22.6 Å². The molecule has 0 aliphatic heterocycles. The van der Waals surface area contributed by atoms with E-state index in [0.29, 0.717) is 34.1 Å². The Bertz CT molecular complexity index is 746. The monoisotopic (exact) mass is 285 g/mol. The van der Waals surface area contributed by atoms with Crippen molar-refractivity contribution in [2.45, 2.75) is 6.61 Å². The second-order valence-corrected chi connectivity index (χ2v) is 4.51. The quantitative estimate of drug-likeness (QED) is 0.798. The maximum Gasteiger partial charge on any atom is 0.231 e. The first-order chi connectivity index (χ1) is 10.3. The number of oxazole rings is 1. The fourth-order valence-corrected chi connectivity index (χ4v) is 2.24. The smallest absolute Gasteiger partial charge is 0.231 e. The van der Waals surface area contributed by atoms with Crippen LogP contribution in [0.1, 0.15) is 5.56 Å². The predicted octanol–water partition coefficient (Wildman–Crippen LogP) is 3.00. The maximum atomic E-state index is 9.37. The number of methoxy groups -OCH3 is 2. The number of nitrogens with zero attached hydrogens (tertiary/aromatic N) is 1. The van der Waals surface area contributed by atoms with Gasteiger partial charge in [0.1, 0.15) is 17.0 Å². The molecule has 3 aromatic rings. The number of hydrogen-bond donors (Lipinski definition) is 1. The van der Waals surface area contributed by atoms with Gasteiger partial charge in [-0.2, -0.15) is 0 Å². The largest absolute Gasteiger partial charge is 0.496 e. The van der Waals surface area contributed by atoms with Crippen molar-refractivity contribution >= 4 is 11.1 Å². The van der Waals surface area contributed by atoms with Gasteiger partial charge in [-0.3, -0.25) is 0 Å². The normalized spacial score (nSPS) is 10.8. The molecule has 0 amide bonds. The van der Waals surface area contributed by atoms with Crippen LogP contribution in [-0.4, -0.2) is 24.3 Å². The molecule has 21 heavy (non-hydrogen) atoms. The lowest BCUT2D eigenvalue weighted by Gasteiger charge is -2.11. The van der Waals surface area contributed by atoms with Crippen LogP contribution >= 0.6 is 0 Å². The van der Waals surface area contributed by atoms with E-state index >= 15 is 0 Å². The Morgan fingerprint density at radius 3 is 2.52 bits per heavy atom. The summed E-state index contributed by atoms with van der Waals surface area (Å²) in [5.74, 6) is 1.60. The zero-order valence-electron chi connectivity index (χ0n) is 11.8. The number of aromatic nitrogens is 1. The molecule has 1 heterocycles. The highest BCUT2D eigenvalue weighted by atomic mass is 16.5. The summed E-state index contributed by atoms with van der Waals surface area (Å²) in [5.41, 5.74) is 2.82. The van der Waals surface area contributed by atoms with Crippen LogP contribution in [-0.2, 0) is 6.61 Å². The van der Waals surface area contributed by atoms with E-state index in [4.69, 9.17) is 13.9 Å². The van der Waals surface area contributed by atoms with Gasteiger partial charge in [-0.05, 0) is 24.3 Å². The van der Waals surface area contributed by atoms with Gasteiger partial charge >= 0.3 is 0 Å². The minimum atomic E-state index is -0.132. The molecule has 1 N–H and O–H groups in total. The van der Waals surface area contributed by atoms with Crippen LogP contribution in [0.3, 0.4) is 0 Å². The van der Waals surface area contributed by atoms with E-state index in [-0.39, 0.29) is 6.61 Å². The van der Waals surface area contributed by atoms with Crippen molar-refractivity contribution in [3.8, 4) is 23.0 Å². The second-order valence-electron chi connectivity index (χ2n) is 4.51. The Kier molecular flexibility index (Phi) is 3.50. The fraction of sp³-hybridized carbons (Fsp3) is 0.188. The summed E-state index contributed by atoms with van der Waals surface area (Å²) in [5, 5.41) is 9.37. The minimum Gasteiger partial charge on any atom is -0.496 e. The van der Waals surface area contributed by atoms with E-state index in [0.717, 1.165) is 5.52 Å². The number of para-hydroxylation sites is 2. The maximum absolute atomic E-state index is 9.37. The Balaban J connectivity index is 2.20. The highest BCUT2D eigenvalue weighted by molar-refractivity contribution is 5.78. The van der Waals surface area contributed by atoms with Crippen molar-refractivity contribution in [1.82, 2.24) is 4.98 Å². The van der Waals surface area contributed by atoms with E-state index < -0.39 is 0 Å². The number of aliphatic hydroxyl groups is 1. The van der Waals surface area contributed by atoms with Gasteiger partial charge < -0.3 is 19.0 Å². The average molecular weight is 285 g/mol. The lowest BCUT2D eigenvalue weighted by atomic mass is 10.1. The van der Waals surface area contributed by atoms with Gasteiger partial charge in [-0.25, -0.2) is 4.98 Å². The van der Waals surface area contributed by atoms with Crippen LogP contribution in [0.5, 0.6) is 11.5 Å². The first-order valence-corrected chi connectivity index (χ1v) is 6.48. The van der Waals surface area contributed by atoms with Crippen LogP contribution in [0.2, 0.25) is 0 Å². The minimum absolute atomic E-state index is 0.132. The molecule has 0 saturated carbocycles. The van der Waals surface area contributed by atoms with Crippen molar-refractivity contribution in [3.63, 3.8) is 0 Å². The molecule has 5 nitrogen and oxygen atoms in total. The van der Waals surface area contributed by atoms with Crippen molar-refractivity contribution in [2.75, 3.05) is 14.2 Å². The molecule has 0 spiro atoms. The number of ether oxygens (including phenoxy) is 2. The molecule has 0 aliphatic carbocycles. The van der Waals surface area contributed by atoms with E-state index in [1.165, 1.54) is 0 Å². The molecular weight excluding hydrogens is 270 g/mol. The van der Waals surface area contributed by atoms with Crippen molar-refractivity contribution in [2.24, 2.45) is 0 Å². The summed E-state index contributed by atoms with van der Waals surface area (Å²) in [4.78, 5) is 4.46. The van der Waals surface area contributed by atoms with E-state index in [1.807, 2.05) is 24.3 Å². The lowest BCUT2D eigenvalue weighted by molar-refractivity contribution is 0.273. The van der Waals surface area contributed by atoms with Gasteiger partial charge in [0.15, 0.2) is 5.58 Å². The Hall–Kier alpha value is -2.53. The fourth-order valence-electron chi connectivity index (χ4n) is 2.24. The number of fused-ring (bicyclic) bond motifs is 1. The molecule has 0 radical (unpaired) electrons. The van der Waals surface area contributed by atoms with Crippen molar-refractivity contribution in [3.05, 3.63) is 42.0 Å². The SMILES string of the molecule is COc1cc(-c2nc3ccccc3o2)c(OC)cc1CO. The summed E-state index contributed by atoms with van der Waals surface area (Å²) in [6, 6.07) is 11.0. The van der Waals surface area contributed by atoms with Crippen LogP contribution < -0.4 is 9.47 Å². The third-order valence-corrected chi connectivity index (χ3v) is 3.30. The molecule has 0 saturated heterocycles. The third kappa shape index (κ3) is 2.32. The lowest BCUT2D eigenvalue weighted by Crippen LogP contribution is -1.96. The molecule has 1 aromatic heterocycles. The van der Waals surface area contributed by atoms with E-state index in [9.17, 15) is 5.11 Å². The van der Waals surface area contributed by atoms with Crippen molar-refractivity contribution < 1.29 is 19.0 Å². The summed E-state index contributed by atoms with van der Waals surface area (Å²) in [6.45, 7) is -0.132. The molecule has 5 heteroatoms. The van der Waals surface area contributed by atoms with Gasteiger partial charge in [0.2, 0.25) is 5.89 Å². The zero-order chi connectivity index (χ0) is 14.8. The summed E-state index contributed by atoms with van der Waals surface area (Å²) in [6.07, 6.45) is 0. The van der Waals surface area contributed by atoms with Gasteiger partial charge in [0, 0.05) is 5.56 Å². The highest BCUT2D eigenvalue weighted by Crippen LogP contribution is 2.37. The predicted molar refractivity (Wildman–Crippen MR) is 78.5 cm³/mol. The standard InChI is InChI=1S/C16H15NO4/c1-19-14-8-11(15(20-2)7-10(14)9-18)16-17-12-5-3-4-6-13(12)21-16/h3-8,18H,9H2,1-2H3. The van der Waals surface area contributed by atoms with Crippen LogP contribution in [0.4, 0.5) is 0 Å². The van der Waals surface area contributed by atoms with Gasteiger partial charge in [0.05, 0.1) is 26.4 Å². The van der Waals surface area contributed by atoms with Gasteiger partial charge in [0.25, 0.3) is 0 Å². The molecule has 0 atom stereocenters. The molecule has 3 rings (SSSR count). The Labute approximate surface area is 121 Å². The van der Waals surface area contributed by atoms with Crippen LogP contribution in [0.15, 0.2) is 40.8 Å². The van der Waals surface area contributed by atoms with E-state index in [1.54, 1.807) is 26.4 Å². The third-order valence-electron chi connectivity index (χ3n) is 3.30. The summed E-state index contributed by atoms with van der Waals surface area (Å²) < 4.78 is 16.4. The second kappa shape index (κ2) is 5.46. The number of rotatable bonds is 4. The first kappa shape index (κ1) is 13.5. The number of aliphatic hydroxyl groups excluding tert-OH is 1. The highest BCUT2D eigenvalue weighted by Gasteiger charge is 2.17. The van der Waals surface area contributed by atoms with E-state index in [2.05, 4.69) is 4.98 Å². The Morgan fingerprint density at radius 2 is 1.86 bits per heavy atom. The molecular formula is C16H15NO4. The molecule has 0 aliphatic rings. The van der Waals surface area contributed by atoms with Crippen molar-refractivity contribution in [1.29, 1.82) is 0 Å². The first-order valence-electron chi connectivity index (χ1n) is 6.48.